The van der Waals surface area contributed by atoms with Gasteiger partial charge in [0.05, 0.1) is 12.2 Å². The molecule has 0 aliphatic carbocycles. The van der Waals surface area contributed by atoms with E-state index in [0.717, 1.165) is 19.6 Å². The highest BCUT2D eigenvalue weighted by molar-refractivity contribution is 5.48. The van der Waals surface area contributed by atoms with Gasteiger partial charge in [-0.3, -0.25) is 0 Å². The molecule has 0 aromatic heterocycles. The van der Waals surface area contributed by atoms with Crippen LogP contribution in [0.5, 0.6) is 0 Å². The molecule has 3 heteroatoms. The topological polar surface area (TPSA) is 24.5 Å². The van der Waals surface area contributed by atoms with Crippen molar-refractivity contribution in [2.24, 2.45) is 0 Å². The number of hydrogen-bond acceptors (Lipinski definition) is 3. The largest absolute Gasteiger partial charge is 0.372 e. The first kappa shape index (κ1) is 12.4. The predicted octanol–water partition coefficient (Wildman–Crippen LogP) is 2.02. The summed E-state index contributed by atoms with van der Waals surface area (Å²) in [6.45, 7) is 7.16. The monoisotopic (exact) mass is 234 g/mol. The van der Waals surface area contributed by atoms with Crippen LogP contribution in [-0.2, 0) is 11.3 Å². The Kier molecular flexibility index (Phi) is 4.02. The summed E-state index contributed by atoms with van der Waals surface area (Å²) in [6.07, 6.45) is 0.631. The van der Waals surface area contributed by atoms with Gasteiger partial charge in [0, 0.05) is 25.3 Å². The maximum atomic E-state index is 5.75. The van der Waals surface area contributed by atoms with Crippen LogP contribution >= 0.6 is 0 Å². The number of ether oxygens (including phenoxy) is 1. The van der Waals surface area contributed by atoms with Crippen LogP contribution in [0.1, 0.15) is 19.4 Å². The SMILES string of the molecule is CNCc1ccc(N2CC(C)OC(C)C2)cc1. The lowest BCUT2D eigenvalue weighted by Gasteiger charge is -2.36. The van der Waals surface area contributed by atoms with Gasteiger partial charge in [-0.25, -0.2) is 0 Å². The van der Waals surface area contributed by atoms with E-state index < -0.39 is 0 Å². The van der Waals surface area contributed by atoms with E-state index in [9.17, 15) is 0 Å². The maximum Gasteiger partial charge on any atom is 0.0726 e. The predicted molar refractivity (Wildman–Crippen MR) is 71.4 cm³/mol. The first-order valence-electron chi connectivity index (χ1n) is 6.33. The van der Waals surface area contributed by atoms with E-state index in [0.29, 0.717) is 12.2 Å². The van der Waals surface area contributed by atoms with E-state index in [1.54, 1.807) is 0 Å². The standard InChI is InChI=1S/C14H22N2O/c1-11-9-16(10-12(2)17-11)14-6-4-13(5-7-14)8-15-3/h4-7,11-12,15H,8-10H2,1-3H3. The molecular weight excluding hydrogens is 212 g/mol. The van der Waals surface area contributed by atoms with Crippen molar-refractivity contribution in [2.45, 2.75) is 32.6 Å². The third-order valence-corrected chi connectivity index (χ3v) is 3.10. The lowest BCUT2D eigenvalue weighted by Crippen LogP contribution is -2.45. The van der Waals surface area contributed by atoms with E-state index in [-0.39, 0.29) is 0 Å². The number of benzene rings is 1. The van der Waals surface area contributed by atoms with Crippen molar-refractivity contribution >= 4 is 5.69 Å². The van der Waals surface area contributed by atoms with Crippen LogP contribution in [0.4, 0.5) is 5.69 Å². The second kappa shape index (κ2) is 5.52. The number of anilines is 1. The minimum absolute atomic E-state index is 0.315. The summed E-state index contributed by atoms with van der Waals surface area (Å²) in [4.78, 5) is 2.40. The maximum absolute atomic E-state index is 5.75. The van der Waals surface area contributed by atoms with Crippen molar-refractivity contribution in [1.29, 1.82) is 0 Å². The molecule has 0 spiro atoms. The molecule has 0 amide bonds. The summed E-state index contributed by atoms with van der Waals surface area (Å²) in [5.74, 6) is 0. The Balaban J connectivity index is 2.06. The first-order valence-corrected chi connectivity index (χ1v) is 6.33. The Morgan fingerprint density at radius 3 is 2.29 bits per heavy atom. The zero-order valence-electron chi connectivity index (χ0n) is 10.9. The van der Waals surface area contributed by atoms with E-state index in [2.05, 4.69) is 48.3 Å². The second-order valence-corrected chi connectivity index (χ2v) is 4.86. The highest BCUT2D eigenvalue weighted by Gasteiger charge is 2.22. The fourth-order valence-electron chi connectivity index (χ4n) is 2.42. The summed E-state index contributed by atoms with van der Waals surface area (Å²) in [5, 5.41) is 3.16. The molecular formula is C14H22N2O. The molecule has 0 bridgehead atoms. The smallest absolute Gasteiger partial charge is 0.0726 e. The molecule has 1 aromatic rings. The van der Waals surface area contributed by atoms with Crippen LogP contribution in [0.15, 0.2) is 24.3 Å². The quantitative estimate of drug-likeness (QED) is 0.866. The number of hydrogen-bond donors (Lipinski definition) is 1. The van der Waals surface area contributed by atoms with Crippen LogP contribution < -0.4 is 10.2 Å². The first-order chi connectivity index (χ1) is 8.19. The van der Waals surface area contributed by atoms with E-state index in [1.165, 1.54) is 11.3 Å². The number of nitrogens with zero attached hydrogens (tertiary/aromatic N) is 1. The Morgan fingerprint density at radius 2 is 1.76 bits per heavy atom. The summed E-state index contributed by atoms with van der Waals surface area (Å²) in [7, 11) is 1.97. The van der Waals surface area contributed by atoms with E-state index in [4.69, 9.17) is 4.74 Å². The van der Waals surface area contributed by atoms with Crippen molar-refractivity contribution in [1.82, 2.24) is 5.32 Å². The molecule has 2 unspecified atom stereocenters. The Bertz CT molecular complexity index is 340. The van der Waals surface area contributed by atoms with Gasteiger partial charge in [0.25, 0.3) is 0 Å². The number of rotatable bonds is 3. The Morgan fingerprint density at radius 1 is 1.18 bits per heavy atom. The van der Waals surface area contributed by atoms with Gasteiger partial charge in [-0.2, -0.15) is 0 Å². The minimum atomic E-state index is 0.315. The van der Waals surface area contributed by atoms with Crippen LogP contribution in [0.2, 0.25) is 0 Å². The van der Waals surface area contributed by atoms with Gasteiger partial charge in [0.1, 0.15) is 0 Å². The fourth-order valence-corrected chi connectivity index (χ4v) is 2.42. The van der Waals surface area contributed by atoms with E-state index >= 15 is 0 Å². The van der Waals surface area contributed by atoms with Gasteiger partial charge >= 0.3 is 0 Å². The molecule has 1 aliphatic rings. The molecule has 94 valence electrons. The van der Waals surface area contributed by atoms with Crippen molar-refractivity contribution in [3.63, 3.8) is 0 Å². The summed E-state index contributed by atoms with van der Waals surface area (Å²) in [6, 6.07) is 8.79. The van der Waals surface area contributed by atoms with Gasteiger partial charge in [-0.1, -0.05) is 12.1 Å². The number of nitrogens with one attached hydrogen (secondary N) is 1. The highest BCUT2D eigenvalue weighted by atomic mass is 16.5. The van der Waals surface area contributed by atoms with Crippen molar-refractivity contribution < 1.29 is 4.74 Å². The molecule has 2 atom stereocenters. The van der Waals surface area contributed by atoms with Gasteiger partial charge in [-0.15, -0.1) is 0 Å². The second-order valence-electron chi connectivity index (χ2n) is 4.86. The highest BCUT2D eigenvalue weighted by Crippen LogP contribution is 2.20. The van der Waals surface area contributed by atoms with Crippen LogP contribution in [0.25, 0.3) is 0 Å². The van der Waals surface area contributed by atoms with Gasteiger partial charge in [0.15, 0.2) is 0 Å². The summed E-state index contributed by atoms with van der Waals surface area (Å²) < 4.78 is 5.75. The molecule has 1 heterocycles. The third-order valence-electron chi connectivity index (χ3n) is 3.10. The summed E-state index contributed by atoms with van der Waals surface area (Å²) >= 11 is 0. The minimum Gasteiger partial charge on any atom is -0.372 e. The molecule has 1 saturated heterocycles. The lowest BCUT2D eigenvalue weighted by molar-refractivity contribution is -0.00521. The Hall–Kier alpha value is -1.06. The fraction of sp³-hybridized carbons (Fsp3) is 0.571. The number of morpholine rings is 1. The average molecular weight is 234 g/mol. The lowest BCUT2D eigenvalue weighted by atomic mass is 10.1. The molecule has 1 aromatic carbocycles. The average Bonchev–Trinajstić information content (AvgIpc) is 2.29. The molecule has 2 rings (SSSR count). The van der Waals surface area contributed by atoms with E-state index in [1.807, 2.05) is 7.05 Å². The van der Waals surface area contributed by atoms with Gasteiger partial charge in [-0.05, 0) is 38.6 Å². The van der Waals surface area contributed by atoms with Gasteiger partial charge < -0.3 is 15.0 Å². The molecule has 3 nitrogen and oxygen atoms in total. The van der Waals surface area contributed by atoms with Crippen LogP contribution in [0.3, 0.4) is 0 Å². The normalized spacial score (nSPS) is 25.0. The molecule has 0 radical (unpaired) electrons. The molecule has 1 N–H and O–H groups in total. The van der Waals surface area contributed by atoms with Crippen LogP contribution in [0, 0.1) is 0 Å². The summed E-state index contributed by atoms with van der Waals surface area (Å²) in [5.41, 5.74) is 2.62. The van der Waals surface area contributed by atoms with Crippen molar-refractivity contribution in [3.8, 4) is 0 Å². The zero-order valence-corrected chi connectivity index (χ0v) is 10.9. The molecule has 17 heavy (non-hydrogen) atoms. The van der Waals surface area contributed by atoms with Crippen molar-refractivity contribution in [3.05, 3.63) is 29.8 Å². The van der Waals surface area contributed by atoms with Crippen LogP contribution in [-0.4, -0.2) is 32.3 Å². The zero-order chi connectivity index (χ0) is 12.3. The van der Waals surface area contributed by atoms with Gasteiger partial charge in [0.2, 0.25) is 0 Å². The third kappa shape index (κ3) is 3.20. The molecule has 0 saturated carbocycles. The Labute approximate surface area is 104 Å². The molecule has 1 fully saturated rings. The van der Waals surface area contributed by atoms with Crippen molar-refractivity contribution in [2.75, 3.05) is 25.0 Å². The molecule has 1 aliphatic heterocycles.